The molecule has 0 saturated carbocycles. The third-order valence-corrected chi connectivity index (χ3v) is 4.28. The Morgan fingerprint density at radius 1 is 1.36 bits per heavy atom. The quantitative estimate of drug-likeness (QED) is 0.720. The molecule has 0 amide bonds. The van der Waals surface area contributed by atoms with Crippen LogP contribution >= 0.6 is 0 Å². The van der Waals surface area contributed by atoms with Crippen LogP contribution in [0.5, 0.6) is 11.6 Å². The highest BCUT2D eigenvalue weighted by Crippen LogP contribution is 2.30. The van der Waals surface area contributed by atoms with E-state index in [4.69, 9.17) is 5.11 Å². The van der Waals surface area contributed by atoms with E-state index in [-0.39, 0.29) is 23.5 Å². The van der Waals surface area contributed by atoms with Crippen LogP contribution in [0.3, 0.4) is 0 Å². The summed E-state index contributed by atoms with van der Waals surface area (Å²) in [6.07, 6.45) is 1.76. The topological polar surface area (TPSA) is 91.7 Å². The Kier molecular flexibility index (Phi) is 5.14. The van der Waals surface area contributed by atoms with E-state index in [2.05, 4.69) is 15.0 Å². The number of nitrogens with one attached hydrogen (secondary N) is 1. The van der Waals surface area contributed by atoms with Crippen LogP contribution in [0.4, 0.5) is 9.18 Å². The molecule has 3 rings (SSSR count). The fraction of sp³-hybridized carbons (Fsp3) is 0.333. The maximum absolute atomic E-state index is 13.3. The zero-order chi connectivity index (χ0) is 17.8. The number of hydrogen-bond donors (Lipinski definition) is 3. The van der Waals surface area contributed by atoms with Crippen molar-refractivity contribution >= 4 is 6.16 Å². The molecular formula is C18H19FN2O4. The lowest BCUT2D eigenvalue weighted by Gasteiger charge is -2.26. The molecule has 6 nitrogen and oxygen atoms in total. The molecule has 1 heterocycles. The second kappa shape index (κ2) is 7.48. The molecule has 0 radical (unpaired) electrons. The van der Waals surface area contributed by atoms with Crippen molar-refractivity contribution in [3.8, 4) is 11.6 Å². The molecule has 3 N–H and O–H groups in total. The van der Waals surface area contributed by atoms with E-state index in [1.165, 1.54) is 18.2 Å². The molecule has 0 saturated heterocycles. The number of ether oxygens (including phenoxy) is 1. The largest absolute Gasteiger partial charge is 0.512 e. The number of aromatic hydroxyl groups is 1. The van der Waals surface area contributed by atoms with E-state index in [0.717, 1.165) is 30.5 Å². The maximum atomic E-state index is 13.3. The number of benzene rings is 1. The number of aryl methyl sites for hydroxylation is 1. The molecule has 1 aliphatic rings. The third kappa shape index (κ3) is 4.24. The lowest BCUT2D eigenvalue weighted by molar-refractivity contribution is 0.142. The van der Waals surface area contributed by atoms with Crippen molar-refractivity contribution in [2.24, 2.45) is 0 Å². The molecule has 1 aromatic heterocycles. The Bertz CT molecular complexity index is 782. The molecule has 7 heteroatoms. The van der Waals surface area contributed by atoms with Gasteiger partial charge in [-0.25, -0.2) is 14.2 Å². The first-order valence-electron chi connectivity index (χ1n) is 8.14. The molecule has 25 heavy (non-hydrogen) atoms. The van der Waals surface area contributed by atoms with Crippen molar-refractivity contribution < 1.29 is 24.1 Å². The van der Waals surface area contributed by atoms with Crippen molar-refractivity contribution in [3.05, 3.63) is 53.0 Å². The molecule has 132 valence electrons. The second-order valence-electron chi connectivity index (χ2n) is 5.98. The third-order valence-electron chi connectivity index (χ3n) is 4.28. The molecule has 0 fully saturated rings. The number of phenolic OH excluding ortho intramolecular Hbond substituents is 1. The van der Waals surface area contributed by atoms with E-state index in [0.29, 0.717) is 18.5 Å². The average molecular weight is 346 g/mol. The first-order chi connectivity index (χ1) is 12.0. The van der Waals surface area contributed by atoms with Crippen molar-refractivity contribution in [2.75, 3.05) is 6.54 Å². The van der Waals surface area contributed by atoms with E-state index in [1.54, 1.807) is 6.07 Å². The molecule has 2 aromatic rings. The fourth-order valence-corrected chi connectivity index (χ4v) is 3.13. The summed E-state index contributed by atoms with van der Waals surface area (Å²) in [4.78, 5) is 14.9. The Balaban J connectivity index is 1.65. The summed E-state index contributed by atoms with van der Waals surface area (Å²) in [6, 6.07) is 7.39. The van der Waals surface area contributed by atoms with Crippen molar-refractivity contribution in [1.82, 2.24) is 10.3 Å². The van der Waals surface area contributed by atoms with Gasteiger partial charge in [-0.1, -0.05) is 6.07 Å². The number of nitrogens with zero attached hydrogens (tertiary/aromatic N) is 1. The number of aromatic nitrogens is 1. The van der Waals surface area contributed by atoms with E-state index < -0.39 is 6.16 Å². The minimum atomic E-state index is -1.38. The van der Waals surface area contributed by atoms with Crippen molar-refractivity contribution in [2.45, 2.75) is 31.7 Å². The summed E-state index contributed by atoms with van der Waals surface area (Å²) in [6.45, 7) is 0.578. The van der Waals surface area contributed by atoms with E-state index in [1.807, 2.05) is 6.07 Å². The Hall–Kier alpha value is -2.67. The maximum Gasteiger partial charge on any atom is 0.512 e. The van der Waals surface area contributed by atoms with Crippen molar-refractivity contribution in [1.29, 1.82) is 0 Å². The number of carboxylic acid groups (broad SMARTS) is 1. The minimum Gasteiger partial charge on any atom is -0.508 e. The van der Waals surface area contributed by atoms with Crippen LogP contribution in [0.2, 0.25) is 0 Å². The summed E-state index contributed by atoms with van der Waals surface area (Å²) in [5, 5.41) is 21.8. The van der Waals surface area contributed by atoms with E-state index in [9.17, 15) is 14.3 Å². The molecule has 0 aliphatic heterocycles. The SMILES string of the molecule is O=C(O)Oc1ccc2c(n1)CCCC2NCCc1cc(F)ccc1O. The number of halogens is 1. The molecule has 1 atom stereocenters. The monoisotopic (exact) mass is 346 g/mol. The highest BCUT2D eigenvalue weighted by molar-refractivity contribution is 5.60. The number of pyridine rings is 1. The van der Waals surface area contributed by atoms with Gasteiger partial charge in [0.05, 0.1) is 0 Å². The fourth-order valence-electron chi connectivity index (χ4n) is 3.13. The Morgan fingerprint density at radius 2 is 2.20 bits per heavy atom. The summed E-state index contributed by atoms with van der Waals surface area (Å²) in [5.74, 6) is -0.202. The number of rotatable bonds is 5. The molecule has 1 aliphatic carbocycles. The van der Waals surface area contributed by atoms with Gasteiger partial charge in [-0.2, -0.15) is 0 Å². The smallest absolute Gasteiger partial charge is 0.508 e. The van der Waals surface area contributed by atoms with Gasteiger partial charge in [-0.15, -0.1) is 0 Å². The van der Waals surface area contributed by atoms with Gasteiger partial charge in [0.2, 0.25) is 5.88 Å². The number of hydrogen-bond acceptors (Lipinski definition) is 5. The molecule has 1 aromatic carbocycles. The van der Waals surface area contributed by atoms with Gasteiger partial charge in [0.1, 0.15) is 11.6 Å². The average Bonchev–Trinajstić information content (AvgIpc) is 2.57. The standard InChI is InChI=1S/C18H19FN2O4/c19-12-4-6-16(22)11(10-12)8-9-20-14-2-1-3-15-13(14)5-7-17(21-15)25-18(23)24/h4-7,10,14,20,22H,1-3,8-9H2,(H,23,24). The number of fused-ring (bicyclic) bond motifs is 1. The first-order valence-corrected chi connectivity index (χ1v) is 8.14. The Morgan fingerprint density at radius 3 is 3.00 bits per heavy atom. The van der Waals surface area contributed by atoms with Gasteiger partial charge in [-0.3, -0.25) is 0 Å². The van der Waals surface area contributed by atoms with Crippen LogP contribution in [0.15, 0.2) is 30.3 Å². The number of phenols is 1. The van der Waals surface area contributed by atoms with Gasteiger partial charge in [-0.05, 0) is 61.6 Å². The van der Waals surface area contributed by atoms with Gasteiger partial charge < -0.3 is 20.3 Å². The summed E-state index contributed by atoms with van der Waals surface area (Å²) in [7, 11) is 0. The zero-order valence-corrected chi connectivity index (χ0v) is 13.5. The number of carbonyl (C=O) groups is 1. The van der Waals surface area contributed by atoms with Crippen LogP contribution in [-0.2, 0) is 12.8 Å². The normalized spacial score (nSPS) is 16.3. The van der Waals surface area contributed by atoms with Gasteiger partial charge in [0.15, 0.2) is 0 Å². The highest BCUT2D eigenvalue weighted by atomic mass is 19.1. The van der Waals surface area contributed by atoms with Crippen LogP contribution in [-0.4, -0.2) is 27.9 Å². The Labute approximate surface area is 144 Å². The zero-order valence-electron chi connectivity index (χ0n) is 13.5. The van der Waals surface area contributed by atoms with Crippen molar-refractivity contribution in [3.63, 3.8) is 0 Å². The predicted octanol–water partition coefficient (Wildman–Crippen LogP) is 3.19. The second-order valence-corrected chi connectivity index (χ2v) is 5.98. The first kappa shape index (κ1) is 17.2. The predicted molar refractivity (Wildman–Crippen MR) is 88.3 cm³/mol. The minimum absolute atomic E-state index is 0.0802. The summed E-state index contributed by atoms with van der Waals surface area (Å²) < 4.78 is 17.9. The lowest BCUT2D eigenvalue weighted by Crippen LogP contribution is -2.27. The van der Waals surface area contributed by atoms with Crippen LogP contribution in [0, 0.1) is 5.82 Å². The van der Waals surface area contributed by atoms with Crippen LogP contribution < -0.4 is 10.1 Å². The summed E-state index contributed by atoms with van der Waals surface area (Å²) in [5.41, 5.74) is 2.41. The summed E-state index contributed by atoms with van der Waals surface area (Å²) >= 11 is 0. The molecule has 0 spiro atoms. The van der Waals surface area contributed by atoms with Gasteiger partial charge in [0, 0.05) is 17.8 Å². The molecular weight excluding hydrogens is 327 g/mol. The van der Waals surface area contributed by atoms with Crippen LogP contribution in [0.1, 0.15) is 35.7 Å². The molecule has 0 bridgehead atoms. The highest BCUT2D eigenvalue weighted by Gasteiger charge is 2.22. The van der Waals surface area contributed by atoms with Crippen LogP contribution in [0.25, 0.3) is 0 Å². The van der Waals surface area contributed by atoms with Gasteiger partial charge >= 0.3 is 6.16 Å². The van der Waals surface area contributed by atoms with Gasteiger partial charge in [0.25, 0.3) is 0 Å². The lowest BCUT2D eigenvalue weighted by atomic mass is 9.91. The van der Waals surface area contributed by atoms with E-state index >= 15 is 0 Å². The molecule has 1 unspecified atom stereocenters.